The van der Waals surface area contributed by atoms with E-state index in [1.165, 1.54) is 0 Å². The van der Waals surface area contributed by atoms with Crippen LogP contribution >= 0.6 is 11.6 Å². The van der Waals surface area contributed by atoms with E-state index in [-0.39, 0.29) is 23.6 Å². The Labute approximate surface area is 166 Å². The van der Waals surface area contributed by atoms with Crippen molar-refractivity contribution in [1.82, 2.24) is 15.5 Å². The lowest BCUT2D eigenvalue weighted by molar-refractivity contribution is 0.0170. The molecule has 7 nitrogen and oxygen atoms in total. The highest BCUT2D eigenvalue weighted by molar-refractivity contribution is 7.91. The fourth-order valence-corrected chi connectivity index (χ4v) is 5.50. The van der Waals surface area contributed by atoms with E-state index in [4.69, 9.17) is 16.3 Å². The molecule has 2 saturated heterocycles. The fourth-order valence-electron chi connectivity index (χ4n) is 3.56. The summed E-state index contributed by atoms with van der Waals surface area (Å²) < 4.78 is 28.8. The minimum Gasteiger partial charge on any atom is -0.379 e. The minimum atomic E-state index is -2.93. The number of nitrogens with zero attached hydrogens (tertiary/aromatic N) is 2. The van der Waals surface area contributed by atoms with Crippen LogP contribution in [0.2, 0.25) is 5.02 Å². The van der Waals surface area contributed by atoms with Crippen molar-refractivity contribution < 1.29 is 13.2 Å². The van der Waals surface area contributed by atoms with Crippen molar-refractivity contribution in [3.63, 3.8) is 0 Å². The maximum absolute atomic E-state index is 11.7. The van der Waals surface area contributed by atoms with E-state index in [0.29, 0.717) is 32.1 Å². The number of benzene rings is 1. The predicted octanol–water partition coefficient (Wildman–Crippen LogP) is 1.07. The number of sulfone groups is 1. The first-order valence-corrected chi connectivity index (χ1v) is 11.4. The molecule has 0 bridgehead atoms. The number of morpholine rings is 1. The van der Waals surface area contributed by atoms with Gasteiger partial charge in [0.1, 0.15) is 0 Å². The maximum Gasteiger partial charge on any atom is 0.191 e. The molecule has 2 N–H and O–H groups in total. The Morgan fingerprint density at radius 3 is 2.74 bits per heavy atom. The van der Waals surface area contributed by atoms with Gasteiger partial charge >= 0.3 is 0 Å². The molecular formula is C18H27ClN4O3S. The largest absolute Gasteiger partial charge is 0.379 e. The standard InChI is InChI=1S/C18H27ClN4O3S/c1-20-18(22-14-6-11-27(24,25)13-14)21-12-17(23-7-9-26-10-8-23)15-4-2-3-5-16(15)19/h2-5,14,17H,6-13H2,1H3,(H2,20,21,22). The van der Waals surface area contributed by atoms with Crippen LogP contribution in [0.5, 0.6) is 0 Å². The Balaban J connectivity index is 1.67. The van der Waals surface area contributed by atoms with Crippen LogP contribution in [0.3, 0.4) is 0 Å². The van der Waals surface area contributed by atoms with Gasteiger partial charge < -0.3 is 15.4 Å². The second kappa shape index (κ2) is 9.23. The fraction of sp³-hybridized carbons (Fsp3) is 0.611. The van der Waals surface area contributed by atoms with Gasteiger partial charge in [-0.1, -0.05) is 29.8 Å². The van der Waals surface area contributed by atoms with Crippen LogP contribution in [0.25, 0.3) is 0 Å². The average molecular weight is 415 g/mol. The van der Waals surface area contributed by atoms with Crippen molar-refractivity contribution in [3.8, 4) is 0 Å². The van der Waals surface area contributed by atoms with E-state index in [9.17, 15) is 8.42 Å². The summed E-state index contributed by atoms with van der Waals surface area (Å²) in [6.45, 7) is 3.69. The third-order valence-electron chi connectivity index (χ3n) is 5.01. The molecule has 2 aliphatic rings. The van der Waals surface area contributed by atoms with Crippen LogP contribution < -0.4 is 10.6 Å². The number of aliphatic imine (C=N–C) groups is 1. The van der Waals surface area contributed by atoms with Gasteiger partial charge in [-0.2, -0.15) is 0 Å². The Hall–Kier alpha value is -1.35. The number of hydrogen-bond acceptors (Lipinski definition) is 5. The lowest BCUT2D eigenvalue weighted by Gasteiger charge is -2.35. The molecule has 0 radical (unpaired) electrons. The highest BCUT2D eigenvalue weighted by atomic mass is 35.5. The van der Waals surface area contributed by atoms with Crippen molar-refractivity contribution in [1.29, 1.82) is 0 Å². The summed E-state index contributed by atoms with van der Waals surface area (Å²) in [5, 5.41) is 7.32. The van der Waals surface area contributed by atoms with Gasteiger partial charge in [-0.3, -0.25) is 9.89 Å². The maximum atomic E-state index is 11.7. The molecule has 150 valence electrons. The zero-order valence-corrected chi connectivity index (χ0v) is 17.1. The van der Waals surface area contributed by atoms with Gasteiger partial charge in [0.25, 0.3) is 0 Å². The number of rotatable bonds is 5. The zero-order chi connectivity index (χ0) is 19.3. The average Bonchev–Trinajstić information content (AvgIpc) is 3.01. The smallest absolute Gasteiger partial charge is 0.191 e. The highest BCUT2D eigenvalue weighted by Crippen LogP contribution is 2.27. The summed E-state index contributed by atoms with van der Waals surface area (Å²) in [5.74, 6) is 1.01. The lowest BCUT2D eigenvalue weighted by Crippen LogP contribution is -2.48. The SMILES string of the molecule is CN=C(NCC(c1ccccc1Cl)N1CCOCC1)NC1CCS(=O)(=O)C1. The molecule has 3 rings (SSSR count). The monoisotopic (exact) mass is 414 g/mol. The quantitative estimate of drug-likeness (QED) is 0.554. The van der Waals surface area contributed by atoms with Crippen molar-refractivity contribution in [2.75, 3.05) is 51.4 Å². The molecule has 0 saturated carbocycles. The predicted molar refractivity (Wildman–Crippen MR) is 108 cm³/mol. The van der Waals surface area contributed by atoms with Gasteiger partial charge in [-0.05, 0) is 18.1 Å². The Bertz CT molecular complexity index is 766. The highest BCUT2D eigenvalue weighted by Gasteiger charge is 2.29. The van der Waals surface area contributed by atoms with Gasteiger partial charge in [0.15, 0.2) is 15.8 Å². The van der Waals surface area contributed by atoms with E-state index < -0.39 is 9.84 Å². The van der Waals surface area contributed by atoms with Crippen LogP contribution in [-0.4, -0.2) is 76.7 Å². The van der Waals surface area contributed by atoms with Crippen molar-refractivity contribution >= 4 is 27.4 Å². The van der Waals surface area contributed by atoms with E-state index >= 15 is 0 Å². The summed E-state index contributed by atoms with van der Waals surface area (Å²) in [4.78, 5) is 6.61. The number of halogens is 1. The minimum absolute atomic E-state index is 0.0773. The Kier molecular flexibility index (Phi) is 6.97. The van der Waals surface area contributed by atoms with E-state index in [1.807, 2.05) is 24.3 Å². The summed E-state index contributed by atoms with van der Waals surface area (Å²) in [7, 11) is -1.24. The van der Waals surface area contributed by atoms with Gasteiger partial charge in [-0.15, -0.1) is 0 Å². The molecule has 2 unspecified atom stereocenters. The molecule has 1 aromatic carbocycles. The lowest BCUT2D eigenvalue weighted by atomic mass is 10.0. The third-order valence-corrected chi connectivity index (χ3v) is 7.12. The first-order valence-electron chi connectivity index (χ1n) is 9.22. The van der Waals surface area contributed by atoms with Gasteiger partial charge in [0.2, 0.25) is 0 Å². The van der Waals surface area contributed by atoms with Crippen LogP contribution in [-0.2, 0) is 14.6 Å². The van der Waals surface area contributed by atoms with Crippen LogP contribution in [0.1, 0.15) is 18.0 Å². The molecule has 1 aromatic rings. The molecule has 27 heavy (non-hydrogen) atoms. The van der Waals surface area contributed by atoms with Gasteiger partial charge in [-0.25, -0.2) is 8.42 Å². The first-order chi connectivity index (χ1) is 13.0. The molecule has 0 aliphatic carbocycles. The summed E-state index contributed by atoms with van der Waals surface area (Å²) >= 11 is 6.46. The molecule has 0 spiro atoms. The van der Waals surface area contributed by atoms with E-state index in [0.717, 1.165) is 23.7 Å². The summed E-state index contributed by atoms with van der Waals surface area (Å²) in [5.41, 5.74) is 1.06. The normalized spacial score (nSPS) is 24.5. The van der Waals surface area contributed by atoms with Crippen molar-refractivity contribution in [3.05, 3.63) is 34.9 Å². The van der Waals surface area contributed by atoms with Crippen LogP contribution in [0.4, 0.5) is 0 Å². The molecule has 2 aliphatic heterocycles. The molecule has 9 heteroatoms. The Morgan fingerprint density at radius 2 is 2.11 bits per heavy atom. The van der Waals surface area contributed by atoms with Crippen LogP contribution in [0.15, 0.2) is 29.3 Å². The number of hydrogen-bond donors (Lipinski definition) is 2. The van der Waals surface area contributed by atoms with Crippen LogP contribution in [0, 0.1) is 0 Å². The van der Waals surface area contributed by atoms with Crippen molar-refractivity contribution in [2.24, 2.45) is 4.99 Å². The molecule has 2 heterocycles. The zero-order valence-electron chi connectivity index (χ0n) is 15.5. The second-order valence-electron chi connectivity index (χ2n) is 6.88. The molecular weight excluding hydrogens is 388 g/mol. The molecule has 2 atom stereocenters. The van der Waals surface area contributed by atoms with Gasteiger partial charge in [0.05, 0.1) is 30.8 Å². The number of ether oxygens (including phenoxy) is 1. The topological polar surface area (TPSA) is 83.0 Å². The molecule has 2 fully saturated rings. The first kappa shape index (κ1) is 20.4. The number of guanidine groups is 1. The third kappa shape index (κ3) is 5.57. The summed E-state index contributed by atoms with van der Waals surface area (Å²) in [6.07, 6.45) is 0.612. The van der Waals surface area contributed by atoms with E-state index in [2.05, 4.69) is 20.5 Å². The van der Waals surface area contributed by atoms with E-state index in [1.54, 1.807) is 7.05 Å². The van der Waals surface area contributed by atoms with Crippen molar-refractivity contribution in [2.45, 2.75) is 18.5 Å². The molecule has 0 aromatic heterocycles. The second-order valence-corrected chi connectivity index (χ2v) is 9.52. The summed E-state index contributed by atoms with van der Waals surface area (Å²) in [6, 6.07) is 7.85. The Morgan fingerprint density at radius 1 is 1.37 bits per heavy atom. The number of nitrogens with one attached hydrogen (secondary N) is 2. The van der Waals surface area contributed by atoms with Gasteiger partial charge in [0, 0.05) is 37.7 Å². The molecule has 0 amide bonds.